The van der Waals surface area contributed by atoms with Crippen molar-refractivity contribution in [2.75, 3.05) is 0 Å². The zero-order valence-electron chi connectivity index (χ0n) is 17.4. The second-order valence-electron chi connectivity index (χ2n) is 7.98. The first-order valence-corrected chi connectivity index (χ1v) is 9.74. The maximum Gasteiger partial charge on any atom is 0.408 e. The van der Waals surface area contributed by atoms with Gasteiger partial charge in [0.25, 0.3) is 0 Å². The van der Waals surface area contributed by atoms with E-state index in [-0.39, 0.29) is 12.8 Å². The molecule has 0 heterocycles. The van der Waals surface area contributed by atoms with Gasteiger partial charge >= 0.3 is 12.1 Å². The van der Waals surface area contributed by atoms with Crippen LogP contribution in [0.1, 0.15) is 31.9 Å². The molecule has 2 aromatic carbocycles. The summed E-state index contributed by atoms with van der Waals surface area (Å²) in [5.41, 5.74) is 0.878. The Balaban J connectivity index is 2.14. The van der Waals surface area contributed by atoms with E-state index in [1.54, 1.807) is 45.0 Å². The van der Waals surface area contributed by atoms with Crippen LogP contribution in [0.3, 0.4) is 0 Å². The Morgan fingerprint density at radius 1 is 0.833 bits per heavy atom. The summed E-state index contributed by atoms with van der Waals surface area (Å²) in [6, 6.07) is 16.1. The van der Waals surface area contributed by atoms with E-state index in [1.165, 1.54) is 0 Å². The van der Waals surface area contributed by atoms with Gasteiger partial charge in [-0.25, -0.2) is 9.59 Å². The van der Waals surface area contributed by atoms with Gasteiger partial charge in [0.2, 0.25) is 5.91 Å². The highest BCUT2D eigenvalue weighted by molar-refractivity contribution is 5.89. The molecule has 0 saturated carbocycles. The fraction of sp³-hybridized carbons (Fsp3) is 0.348. The van der Waals surface area contributed by atoms with Crippen molar-refractivity contribution in [1.82, 2.24) is 10.6 Å². The van der Waals surface area contributed by atoms with E-state index in [0.29, 0.717) is 0 Å². The lowest BCUT2D eigenvalue weighted by Crippen LogP contribution is -2.53. The third-order valence-electron chi connectivity index (χ3n) is 4.19. The summed E-state index contributed by atoms with van der Waals surface area (Å²) in [5, 5.41) is 14.7. The summed E-state index contributed by atoms with van der Waals surface area (Å²) >= 11 is 0. The molecular formula is C23H28N2O5. The zero-order chi connectivity index (χ0) is 22.1. The lowest BCUT2D eigenvalue weighted by Gasteiger charge is -2.24. The standard InChI is InChI=1S/C23H28N2O5/c1-23(2,3)30-22(29)25-18(14-16-10-6-4-7-11-16)20(26)24-19(21(27)28)15-17-12-8-5-9-13-17/h4-13,18-19H,14-15H2,1-3H3,(H,24,26)(H,25,29)(H,27,28)/t18-,19+/m0/s1. The summed E-state index contributed by atoms with van der Waals surface area (Å²) in [7, 11) is 0. The minimum atomic E-state index is -1.15. The molecule has 0 saturated heterocycles. The fourth-order valence-corrected chi connectivity index (χ4v) is 2.83. The third-order valence-corrected chi connectivity index (χ3v) is 4.19. The molecule has 2 amide bonds. The Bertz CT molecular complexity index is 847. The molecule has 30 heavy (non-hydrogen) atoms. The van der Waals surface area contributed by atoms with E-state index in [1.807, 2.05) is 36.4 Å². The number of nitrogens with one attached hydrogen (secondary N) is 2. The molecule has 0 bridgehead atoms. The van der Waals surface area contributed by atoms with Crippen LogP contribution in [0, 0.1) is 0 Å². The molecule has 7 nitrogen and oxygen atoms in total. The minimum absolute atomic E-state index is 0.131. The number of benzene rings is 2. The molecule has 0 aliphatic carbocycles. The Labute approximate surface area is 176 Å². The molecule has 2 aromatic rings. The summed E-state index contributed by atoms with van der Waals surface area (Å²) in [6.45, 7) is 5.16. The first-order valence-electron chi connectivity index (χ1n) is 9.74. The molecule has 0 radical (unpaired) electrons. The molecule has 160 valence electrons. The predicted molar refractivity (Wildman–Crippen MR) is 113 cm³/mol. The first-order chi connectivity index (χ1) is 14.1. The van der Waals surface area contributed by atoms with Crippen molar-refractivity contribution in [2.24, 2.45) is 0 Å². The van der Waals surface area contributed by atoms with Crippen molar-refractivity contribution in [3.05, 3.63) is 71.8 Å². The van der Waals surface area contributed by atoms with Crippen LogP contribution in [-0.2, 0) is 27.2 Å². The number of carbonyl (C=O) groups is 3. The molecule has 7 heteroatoms. The number of ether oxygens (including phenoxy) is 1. The monoisotopic (exact) mass is 412 g/mol. The maximum absolute atomic E-state index is 12.9. The van der Waals surface area contributed by atoms with Crippen LogP contribution in [-0.4, -0.2) is 40.8 Å². The van der Waals surface area contributed by atoms with Crippen LogP contribution in [0.4, 0.5) is 4.79 Å². The molecule has 0 aliphatic rings. The number of aliphatic carboxylic acids is 1. The van der Waals surface area contributed by atoms with Crippen molar-refractivity contribution in [3.63, 3.8) is 0 Å². The van der Waals surface area contributed by atoms with Gasteiger partial charge in [-0.05, 0) is 31.9 Å². The normalized spacial score (nSPS) is 13.0. The molecule has 0 fully saturated rings. The molecule has 0 unspecified atom stereocenters. The van der Waals surface area contributed by atoms with Crippen LogP contribution in [0.5, 0.6) is 0 Å². The van der Waals surface area contributed by atoms with Crippen LogP contribution in [0.15, 0.2) is 60.7 Å². The molecule has 2 rings (SSSR count). The Morgan fingerprint density at radius 3 is 1.73 bits per heavy atom. The van der Waals surface area contributed by atoms with Gasteiger partial charge in [0.05, 0.1) is 0 Å². The lowest BCUT2D eigenvalue weighted by atomic mass is 10.0. The van der Waals surface area contributed by atoms with Gasteiger partial charge in [-0.2, -0.15) is 0 Å². The number of hydrogen-bond acceptors (Lipinski definition) is 4. The van der Waals surface area contributed by atoms with Gasteiger partial charge in [-0.15, -0.1) is 0 Å². The highest BCUT2D eigenvalue weighted by Gasteiger charge is 2.28. The van der Waals surface area contributed by atoms with Crippen molar-refractivity contribution in [1.29, 1.82) is 0 Å². The van der Waals surface area contributed by atoms with E-state index < -0.39 is 35.7 Å². The molecule has 2 atom stereocenters. The predicted octanol–water partition coefficient (Wildman–Crippen LogP) is 2.93. The van der Waals surface area contributed by atoms with Crippen LogP contribution in [0.25, 0.3) is 0 Å². The molecular weight excluding hydrogens is 384 g/mol. The average molecular weight is 412 g/mol. The molecule has 3 N–H and O–H groups in total. The van der Waals surface area contributed by atoms with Gasteiger partial charge in [0, 0.05) is 12.8 Å². The second kappa shape index (κ2) is 10.4. The van der Waals surface area contributed by atoms with Gasteiger partial charge < -0.3 is 20.5 Å². The van der Waals surface area contributed by atoms with Crippen molar-refractivity contribution >= 4 is 18.0 Å². The Hall–Kier alpha value is -3.35. The van der Waals surface area contributed by atoms with Gasteiger partial charge in [-0.1, -0.05) is 60.7 Å². The zero-order valence-corrected chi connectivity index (χ0v) is 17.4. The van der Waals surface area contributed by atoms with Crippen molar-refractivity contribution < 1.29 is 24.2 Å². The van der Waals surface area contributed by atoms with E-state index in [0.717, 1.165) is 11.1 Å². The van der Waals surface area contributed by atoms with E-state index in [4.69, 9.17) is 4.74 Å². The second-order valence-corrected chi connectivity index (χ2v) is 7.98. The number of hydrogen-bond donors (Lipinski definition) is 3. The van der Waals surface area contributed by atoms with E-state index in [2.05, 4.69) is 10.6 Å². The maximum atomic E-state index is 12.9. The smallest absolute Gasteiger partial charge is 0.408 e. The minimum Gasteiger partial charge on any atom is -0.480 e. The number of carboxylic acid groups (broad SMARTS) is 1. The number of carboxylic acids is 1. The summed E-state index contributed by atoms with van der Waals surface area (Å²) < 4.78 is 5.26. The molecule has 0 spiro atoms. The van der Waals surface area contributed by atoms with Gasteiger partial charge in [0.15, 0.2) is 0 Å². The SMILES string of the molecule is CC(C)(C)OC(=O)N[C@@H](Cc1ccccc1)C(=O)N[C@H](Cc1ccccc1)C(=O)O. The van der Waals surface area contributed by atoms with Gasteiger partial charge in [0.1, 0.15) is 17.7 Å². The number of alkyl carbamates (subject to hydrolysis) is 1. The summed E-state index contributed by atoms with van der Waals surface area (Å²) in [5.74, 6) is -1.74. The number of carbonyl (C=O) groups excluding carboxylic acids is 2. The first kappa shape index (κ1) is 22.9. The quantitative estimate of drug-likeness (QED) is 0.618. The van der Waals surface area contributed by atoms with Crippen molar-refractivity contribution in [3.8, 4) is 0 Å². The third kappa shape index (κ3) is 7.95. The van der Waals surface area contributed by atoms with Crippen molar-refractivity contribution in [2.45, 2.75) is 51.3 Å². The molecule has 0 aliphatic heterocycles. The van der Waals surface area contributed by atoms with E-state index in [9.17, 15) is 19.5 Å². The number of rotatable bonds is 8. The summed E-state index contributed by atoms with van der Waals surface area (Å²) in [6.07, 6.45) is -0.413. The van der Waals surface area contributed by atoms with E-state index >= 15 is 0 Å². The summed E-state index contributed by atoms with van der Waals surface area (Å²) in [4.78, 5) is 36.9. The van der Waals surface area contributed by atoms with Gasteiger partial charge in [-0.3, -0.25) is 4.79 Å². The highest BCUT2D eigenvalue weighted by atomic mass is 16.6. The highest BCUT2D eigenvalue weighted by Crippen LogP contribution is 2.10. The lowest BCUT2D eigenvalue weighted by molar-refractivity contribution is -0.142. The average Bonchev–Trinajstić information content (AvgIpc) is 2.67. The van der Waals surface area contributed by atoms with Crippen LogP contribution in [0.2, 0.25) is 0 Å². The Kier molecular flexibility index (Phi) is 7.98. The Morgan fingerprint density at radius 2 is 1.30 bits per heavy atom. The van der Waals surface area contributed by atoms with Crippen LogP contribution < -0.4 is 10.6 Å². The largest absolute Gasteiger partial charge is 0.480 e. The fourth-order valence-electron chi connectivity index (χ4n) is 2.83. The van der Waals surface area contributed by atoms with Crippen LogP contribution >= 0.6 is 0 Å². The molecule has 0 aromatic heterocycles. The topological polar surface area (TPSA) is 105 Å². The number of amides is 2.